The largest absolute Gasteiger partial charge is 0.327 e. The highest BCUT2D eigenvalue weighted by molar-refractivity contribution is 7.15. The van der Waals surface area contributed by atoms with E-state index < -0.39 is 0 Å². The van der Waals surface area contributed by atoms with Gasteiger partial charge in [0.05, 0.1) is 11.6 Å². The number of fused-ring (bicyclic) bond motifs is 1. The number of amides is 1. The van der Waals surface area contributed by atoms with E-state index in [1.54, 1.807) is 11.3 Å². The van der Waals surface area contributed by atoms with Crippen molar-refractivity contribution in [2.75, 3.05) is 18.4 Å². The van der Waals surface area contributed by atoms with Crippen molar-refractivity contribution in [2.45, 2.75) is 39.8 Å². The molecule has 2 rings (SSSR count). The van der Waals surface area contributed by atoms with Crippen LogP contribution in [0.4, 0.5) is 5.13 Å². The smallest absolute Gasteiger partial charge is 0.230 e. The van der Waals surface area contributed by atoms with Crippen LogP contribution in [0, 0.1) is 5.92 Å². The van der Waals surface area contributed by atoms with Gasteiger partial charge in [0.25, 0.3) is 0 Å². The molecule has 0 radical (unpaired) electrons. The monoisotopic (exact) mass is 354 g/mol. The van der Waals surface area contributed by atoms with Gasteiger partial charge in [-0.05, 0) is 13.5 Å². The Morgan fingerprint density at radius 2 is 2.14 bits per heavy atom. The SMILES string of the molecule is CCN1CCc2nc(NC(=O)C(C)C(C)N)sc2C1.Cl.Cl. The van der Waals surface area contributed by atoms with Gasteiger partial charge < -0.3 is 11.1 Å². The topological polar surface area (TPSA) is 71.2 Å². The molecule has 0 saturated carbocycles. The Balaban J connectivity index is 0.00000200. The lowest BCUT2D eigenvalue weighted by molar-refractivity contribution is -0.119. The summed E-state index contributed by atoms with van der Waals surface area (Å²) in [6.07, 6.45) is 0.971. The Morgan fingerprint density at radius 1 is 1.48 bits per heavy atom. The van der Waals surface area contributed by atoms with E-state index in [4.69, 9.17) is 5.73 Å². The van der Waals surface area contributed by atoms with Gasteiger partial charge in [-0.3, -0.25) is 9.69 Å². The summed E-state index contributed by atoms with van der Waals surface area (Å²) >= 11 is 1.59. The molecule has 8 heteroatoms. The molecule has 1 aromatic rings. The zero-order chi connectivity index (χ0) is 14.0. The Bertz CT molecular complexity index is 467. The Labute approximate surface area is 142 Å². The molecule has 3 N–H and O–H groups in total. The first-order valence-corrected chi connectivity index (χ1v) is 7.60. The highest BCUT2D eigenvalue weighted by Crippen LogP contribution is 2.28. The maximum atomic E-state index is 12.0. The normalized spacial score (nSPS) is 17.0. The molecule has 5 nitrogen and oxygen atoms in total. The molecule has 1 aromatic heterocycles. The van der Waals surface area contributed by atoms with Crippen LogP contribution in [0.2, 0.25) is 0 Å². The van der Waals surface area contributed by atoms with Gasteiger partial charge in [-0.15, -0.1) is 36.2 Å². The number of anilines is 1. The molecule has 2 atom stereocenters. The average Bonchev–Trinajstić information content (AvgIpc) is 2.78. The summed E-state index contributed by atoms with van der Waals surface area (Å²) < 4.78 is 0. The van der Waals surface area contributed by atoms with E-state index >= 15 is 0 Å². The van der Waals surface area contributed by atoms with Crippen molar-refractivity contribution in [3.63, 3.8) is 0 Å². The third-order valence-corrected chi connectivity index (χ3v) is 4.69. The van der Waals surface area contributed by atoms with E-state index in [9.17, 15) is 4.79 Å². The molecule has 1 aliphatic heterocycles. The van der Waals surface area contributed by atoms with E-state index in [0.29, 0.717) is 5.13 Å². The maximum Gasteiger partial charge on any atom is 0.230 e. The van der Waals surface area contributed by atoms with Gasteiger partial charge in [0, 0.05) is 30.4 Å². The molecule has 2 heterocycles. The first-order chi connectivity index (χ1) is 9.01. The fourth-order valence-electron chi connectivity index (χ4n) is 2.03. The van der Waals surface area contributed by atoms with Crippen molar-refractivity contribution in [1.82, 2.24) is 9.88 Å². The van der Waals surface area contributed by atoms with Gasteiger partial charge in [0.15, 0.2) is 5.13 Å². The molecule has 0 bridgehead atoms. The van der Waals surface area contributed by atoms with Crippen molar-refractivity contribution in [1.29, 1.82) is 0 Å². The molecular formula is C13H24Cl2N4OS. The van der Waals surface area contributed by atoms with Crippen molar-refractivity contribution in [2.24, 2.45) is 11.7 Å². The third kappa shape index (κ3) is 5.07. The fraction of sp³-hybridized carbons (Fsp3) is 0.692. The van der Waals surface area contributed by atoms with Crippen LogP contribution >= 0.6 is 36.2 Å². The number of nitrogens with two attached hydrogens (primary N) is 1. The summed E-state index contributed by atoms with van der Waals surface area (Å²) in [5, 5.41) is 3.59. The van der Waals surface area contributed by atoms with Gasteiger partial charge in [-0.1, -0.05) is 13.8 Å². The van der Waals surface area contributed by atoms with Crippen LogP contribution in [0.5, 0.6) is 0 Å². The lowest BCUT2D eigenvalue weighted by atomic mass is 10.0. The number of hydrogen-bond acceptors (Lipinski definition) is 5. The van der Waals surface area contributed by atoms with Gasteiger partial charge in [0.1, 0.15) is 0 Å². The average molecular weight is 355 g/mol. The van der Waals surface area contributed by atoms with Crippen LogP contribution < -0.4 is 11.1 Å². The van der Waals surface area contributed by atoms with Crippen LogP contribution in [0.3, 0.4) is 0 Å². The first kappa shape index (κ1) is 20.6. The number of thiazole rings is 1. The molecule has 1 aliphatic rings. The summed E-state index contributed by atoms with van der Waals surface area (Å²) in [7, 11) is 0. The minimum atomic E-state index is -0.201. The van der Waals surface area contributed by atoms with Crippen molar-refractivity contribution in [3.8, 4) is 0 Å². The highest BCUT2D eigenvalue weighted by Gasteiger charge is 2.22. The maximum absolute atomic E-state index is 12.0. The summed E-state index contributed by atoms with van der Waals surface area (Å²) in [6, 6.07) is -0.148. The van der Waals surface area contributed by atoms with Gasteiger partial charge in [0.2, 0.25) is 5.91 Å². The van der Waals surface area contributed by atoms with Gasteiger partial charge in [-0.2, -0.15) is 0 Å². The molecule has 21 heavy (non-hydrogen) atoms. The van der Waals surface area contributed by atoms with Crippen LogP contribution in [0.25, 0.3) is 0 Å². The van der Waals surface area contributed by atoms with E-state index in [2.05, 4.69) is 22.1 Å². The van der Waals surface area contributed by atoms with Gasteiger partial charge in [-0.25, -0.2) is 4.98 Å². The number of halogens is 2. The number of nitrogens with one attached hydrogen (secondary N) is 1. The van der Waals surface area contributed by atoms with Crippen LogP contribution in [0.15, 0.2) is 0 Å². The number of nitrogens with zero attached hydrogens (tertiary/aromatic N) is 2. The van der Waals surface area contributed by atoms with E-state index in [0.717, 1.165) is 31.7 Å². The molecule has 122 valence electrons. The molecule has 0 spiro atoms. The summed E-state index contributed by atoms with van der Waals surface area (Å²) in [5.41, 5.74) is 6.88. The Morgan fingerprint density at radius 3 is 2.71 bits per heavy atom. The minimum Gasteiger partial charge on any atom is -0.327 e. The standard InChI is InChI=1S/C13H22N4OS.2ClH/c1-4-17-6-5-10-11(7-17)19-13(15-10)16-12(18)8(2)9(3)14;;/h8-9H,4-7,14H2,1-3H3,(H,15,16,18);2*1H. The van der Waals surface area contributed by atoms with Crippen molar-refractivity contribution >= 4 is 47.2 Å². The van der Waals surface area contributed by atoms with Crippen molar-refractivity contribution < 1.29 is 4.79 Å². The second-order valence-electron chi connectivity index (χ2n) is 5.14. The second-order valence-corrected chi connectivity index (χ2v) is 6.23. The van der Waals surface area contributed by atoms with E-state index in [-0.39, 0.29) is 42.7 Å². The first-order valence-electron chi connectivity index (χ1n) is 6.78. The van der Waals surface area contributed by atoms with Gasteiger partial charge >= 0.3 is 0 Å². The zero-order valence-electron chi connectivity index (χ0n) is 12.6. The lowest BCUT2D eigenvalue weighted by Crippen LogP contribution is -2.34. The molecular weight excluding hydrogens is 331 g/mol. The predicted octanol–water partition coefficient (Wildman–Crippen LogP) is 2.29. The highest BCUT2D eigenvalue weighted by atomic mass is 35.5. The van der Waals surface area contributed by atoms with Crippen LogP contribution in [-0.2, 0) is 17.8 Å². The van der Waals surface area contributed by atoms with Crippen LogP contribution in [-0.4, -0.2) is 34.9 Å². The molecule has 0 fully saturated rings. The third-order valence-electron chi connectivity index (χ3n) is 3.69. The number of rotatable bonds is 4. The van der Waals surface area contributed by atoms with E-state index in [1.807, 2.05) is 13.8 Å². The predicted molar refractivity (Wildman–Crippen MR) is 92.7 cm³/mol. The van der Waals surface area contributed by atoms with Crippen molar-refractivity contribution in [3.05, 3.63) is 10.6 Å². The van der Waals surface area contributed by atoms with Crippen LogP contribution in [0.1, 0.15) is 31.3 Å². The fourth-order valence-corrected chi connectivity index (χ4v) is 3.08. The molecule has 0 aromatic carbocycles. The number of aromatic nitrogens is 1. The number of carbonyl (C=O) groups excluding carboxylic acids is 1. The molecule has 0 saturated heterocycles. The Hall–Kier alpha value is -0.400. The summed E-state index contributed by atoms with van der Waals surface area (Å²) in [4.78, 5) is 20.1. The number of likely N-dealkylation sites (N-methyl/N-ethyl adjacent to an activating group) is 1. The second kappa shape index (κ2) is 8.90. The molecule has 0 aliphatic carbocycles. The lowest BCUT2D eigenvalue weighted by Gasteiger charge is -2.23. The summed E-state index contributed by atoms with van der Waals surface area (Å²) in [6.45, 7) is 8.90. The quantitative estimate of drug-likeness (QED) is 0.869. The number of hydrogen-bond donors (Lipinski definition) is 2. The molecule has 2 unspecified atom stereocenters. The van der Waals surface area contributed by atoms with E-state index in [1.165, 1.54) is 4.88 Å². The molecule has 1 amide bonds. The Kier molecular flexibility index (Phi) is 8.73. The summed E-state index contributed by atoms with van der Waals surface area (Å²) in [5.74, 6) is -0.249. The zero-order valence-corrected chi connectivity index (χ0v) is 15.0. The minimum absolute atomic E-state index is 0. The number of carbonyl (C=O) groups is 1.